The molecular weight excluding hydrogens is 318 g/mol. The average molecular weight is 341 g/mol. The van der Waals surface area contributed by atoms with Gasteiger partial charge in [-0.05, 0) is 37.3 Å². The number of anilines is 1. The van der Waals surface area contributed by atoms with Crippen LogP contribution >= 0.6 is 0 Å². The molecule has 0 aromatic carbocycles. The minimum absolute atomic E-state index is 0.140. The Morgan fingerprint density at radius 1 is 1.35 bits per heavy atom. The maximum absolute atomic E-state index is 12.4. The Morgan fingerprint density at radius 2 is 2.00 bits per heavy atom. The van der Waals surface area contributed by atoms with Crippen molar-refractivity contribution < 1.29 is 18.3 Å². The lowest BCUT2D eigenvalue weighted by atomic mass is 10.0. The SMILES string of the molecule is CC(C)C[C@H](Nc1ccc(S(=O)(=O)N2CCCC2)cn1)C(=O)O. The van der Waals surface area contributed by atoms with E-state index in [1.807, 2.05) is 13.8 Å². The number of aromatic nitrogens is 1. The van der Waals surface area contributed by atoms with Crippen molar-refractivity contribution in [2.45, 2.75) is 44.0 Å². The smallest absolute Gasteiger partial charge is 0.326 e. The first-order valence-electron chi connectivity index (χ1n) is 7.76. The highest BCUT2D eigenvalue weighted by atomic mass is 32.2. The van der Waals surface area contributed by atoms with Crippen molar-refractivity contribution in [3.8, 4) is 0 Å². The van der Waals surface area contributed by atoms with Gasteiger partial charge in [0.15, 0.2) is 0 Å². The lowest BCUT2D eigenvalue weighted by Gasteiger charge is -2.18. The van der Waals surface area contributed by atoms with E-state index in [-0.39, 0.29) is 10.8 Å². The zero-order valence-corrected chi connectivity index (χ0v) is 14.2. The topological polar surface area (TPSA) is 99.6 Å². The van der Waals surface area contributed by atoms with Crippen molar-refractivity contribution in [1.29, 1.82) is 0 Å². The van der Waals surface area contributed by atoms with Crippen LogP contribution in [0, 0.1) is 5.92 Å². The normalized spacial score (nSPS) is 17.3. The van der Waals surface area contributed by atoms with Crippen molar-refractivity contribution in [3.63, 3.8) is 0 Å². The van der Waals surface area contributed by atoms with E-state index < -0.39 is 22.0 Å². The number of rotatable bonds is 7. The molecule has 1 aliphatic rings. The monoisotopic (exact) mass is 341 g/mol. The molecule has 7 nitrogen and oxygen atoms in total. The third kappa shape index (κ3) is 4.42. The van der Waals surface area contributed by atoms with Crippen LogP contribution in [0.15, 0.2) is 23.2 Å². The number of hydrogen-bond donors (Lipinski definition) is 2. The molecular formula is C15H23N3O4S. The Balaban J connectivity index is 2.11. The standard InChI is InChI=1S/C15H23N3O4S/c1-11(2)9-13(15(19)20)17-14-6-5-12(10-16-14)23(21,22)18-7-3-4-8-18/h5-6,10-11,13H,3-4,7-9H2,1-2H3,(H,16,17)(H,19,20)/t13-/m0/s1. The van der Waals surface area contributed by atoms with Gasteiger partial charge in [0.05, 0.1) is 0 Å². The molecule has 1 atom stereocenters. The predicted octanol–water partition coefficient (Wildman–Crippen LogP) is 1.78. The molecule has 1 saturated heterocycles. The van der Waals surface area contributed by atoms with Gasteiger partial charge in [-0.25, -0.2) is 18.2 Å². The van der Waals surface area contributed by atoms with Crippen LogP contribution < -0.4 is 5.32 Å². The van der Waals surface area contributed by atoms with Crippen LogP contribution in [0.4, 0.5) is 5.82 Å². The summed E-state index contributed by atoms with van der Waals surface area (Å²) in [6.07, 6.45) is 3.50. The van der Waals surface area contributed by atoms with Gasteiger partial charge >= 0.3 is 5.97 Å². The summed E-state index contributed by atoms with van der Waals surface area (Å²) < 4.78 is 26.2. The second-order valence-corrected chi connectivity index (χ2v) is 8.09. The lowest BCUT2D eigenvalue weighted by molar-refractivity contribution is -0.138. The highest BCUT2D eigenvalue weighted by Gasteiger charge is 2.27. The lowest BCUT2D eigenvalue weighted by Crippen LogP contribution is -2.31. The van der Waals surface area contributed by atoms with Crippen LogP contribution in [0.1, 0.15) is 33.1 Å². The average Bonchev–Trinajstić information content (AvgIpc) is 3.01. The van der Waals surface area contributed by atoms with Crippen molar-refractivity contribution in [2.75, 3.05) is 18.4 Å². The minimum atomic E-state index is -3.49. The summed E-state index contributed by atoms with van der Waals surface area (Å²) in [5.41, 5.74) is 0. The van der Waals surface area contributed by atoms with Gasteiger partial charge in [-0.15, -0.1) is 0 Å². The second-order valence-electron chi connectivity index (χ2n) is 6.16. The third-order valence-corrected chi connectivity index (χ3v) is 5.65. The zero-order chi connectivity index (χ0) is 17.0. The minimum Gasteiger partial charge on any atom is -0.480 e. The fraction of sp³-hybridized carbons (Fsp3) is 0.600. The van der Waals surface area contributed by atoms with Gasteiger partial charge in [0, 0.05) is 19.3 Å². The number of hydrogen-bond acceptors (Lipinski definition) is 5. The van der Waals surface area contributed by atoms with E-state index in [2.05, 4.69) is 10.3 Å². The van der Waals surface area contributed by atoms with Crippen LogP contribution in [0.25, 0.3) is 0 Å². The molecule has 128 valence electrons. The fourth-order valence-corrected chi connectivity index (χ4v) is 4.03. The van der Waals surface area contributed by atoms with E-state index in [1.165, 1.54) is 22.6 Å². The fourth-order valence-electron chi connectivity index (χ4n) is 2.57. The highest BCUT2D eigenvalue weighted by Crippen LogP contribution is 2.21. The number of carbonyl (C=O) groups is 1. The molecule has 0 amide bonds. The molecule has 0 radical (unpaired) electrons. The number of nitrogens with one attached hydrogen (secondary N) is 1. The Morgan fingerprint density at radius 3 is 2.48 bits per heavy atom. The Kier molecular flexibility index (Phi) is 5.59. The molecule has 0 aliphatic carbocycles. The van der Waals surface area contributed by atoms with Crippen LogP contribution in [-0.2, 0) is 14.8 Å². The third-order valence-electron chi connectivity index (χ3n) is 3.77. The molecule has 1 aromatic rings. The number of carboxylic acids is 1. The summed E-state index contributed by atoms with van der Waals surface area (Å²) in [5.74, 6) is -0.369. The Hall–Kier alpha value is -1.67. The van der Waals surface area contributed by atoms with E-state index in [9.17, 15) is 18.3 Å². The molecule has 0 bridgehead atoms. The molecule has 1 aliphatic heterocycles. The van der Waals surface area contributed by atoms with Crippen molar-refractivity contribution >= 4 is 21.8 Å². The summed E-state index contributed by atoms with van der Waals surface area (Å²) in [4.78, 5) is 15.5. The van der Waals surface area contributed by atoms with Gasteiger partial charge in [0.25, 0.3) is 0 Å². The first-order valence-corrected chi connectivity index (χ1v) is 9.20. The van der Waals surface area contributed by atoms with Crippen molar-refractivity contribution in [3.05, 3.63) is 18.3 Å². The number of nitrogens with zero attached hydrogens (tertiary/aromatic N) is 2. The van der Waals surface area contributed by atoms with Crippen molar-refractivity contribution in [1.82, 2.24) is 9.29 Å². The van der Waals surface area contributed by atoms with Gasteiger partial charge < -0.3 is 10.4 Å². The number of aliphatic carboxylic acids is 1. The van der Waals surface area contributed by atoms with E-state index in [0.717, 1.165) is 12.8 Å². The number of pyridine rings is 1. The molecule has 0 unspecified atom stereocenters. The first-order chi connectivity index (χ1) is 10.8. The van der Waals surface area contributed by atoms with Gasteiger partial charge in [0.1, 0.15) is 16.8 Å². The van der Waals surface area contributed by atoms with Crippen LogP contribution in [0.5, 0.6) is 0 Å². The molecule has 8 heteroatoms. The molecule has 2 rings (SSSR count). The molecule has 23 heavy (non-hydrogen) atoms. The molecule has 2 N–H and O–H groups in total. The molecule has 0 spiro atoms. The molecule has 0 saturated carbocycles. The van der Waals surface area contributed by atoms with Crippen LogP contribution in [-0.4, -0.2) is 47.9 Å². The van der Waals surface area contributed by atoms with Gasteiger partial charge in [0.2, 0.25) is 10.0 Å². The molecule has 1 aromatic heterocycles. The Bertz CT molecular complexity index is 637. The molecule has 2 heterocycles. The summed E-state index contributed by atoms with van der Waals surface area (Å²) in [5, 5.41) is 12.1. The zero-order valence-electron chi connectivity index (χ0n) is 13.4. The highest BCUT2D eigenvalue weighted by molar-refractivity contribution is 7.89. The van der Waals surface area contributed by atoms with E-state index in [4.69, 9.17) is 0 Å². The predicted molar refractivity (Wildman–Crippen MR) is 86.7 cm³/mol. The summed E-state index contributed by atoms with van der Waals surface area (Å²) in [7, 11) is -3.49. The van der Waals surface area contributed by atoms with Gasteiger partial charge in [-0.3, -0.25) is 0 Å². The van der Waals surface area contributed by atoms with E-state index in [0.29, 0.717) is 25.3 Å². The van der Waals surface area contributed by atoms with Gasteiger partial charge in [-0.2, -0.15) is 4.31 Å². The molecule has 1 fully saturated rings. The maximum Gasteiger partial charge on any atom is 0.326 e. The quantitative estimate of drug-likeness (QED) is 0.784. The largest absolute Gasteiger partial charge is 0.480 e. The summed E-state index contributed by atoms with van der Waals surface area (Å²) in [6.45, 7) is 4.96. The first kappa shape index (κ1) is 17.7. The van der Waals surface area contributed by atoms with E-state index in [1.54, 1.807) is 0 Å². The van der Waals surface area contributed by atoms with Crippen LogP contribution in [0.2, 0.25) is 0 Å². The van der Waals surface area contributed by atoms with Crippen molar-refractivity contribution in [2.24, 2.45) is 5.92 Å². The summed E-state index contributed by atoms with van der Waals surface area (Å²) >= 11 is 0. The van der Waals surface area contributed by atoms with E-state index >= 15 is 0 Å². The maximum atomic E-state index is 12.4. The van der Waals surface area contributed by atoms with Gasteiger partial charge in [-0.1, -0.05) is 13.8 Å². The Labute approximate surface area is 136 Å². The second kappa shape index (κ2) is 7.27. The number of carboxylic acid groups (broad SMARTS) is 1. The number of sulfonamides is 1. The summed E-state index contributed by atoms with van der Waals surface area (Å²) in [6, 6.07) is 2.24. The van der Waals surface area contributed by atoms with Crippen LogP contribution in [0.3, 0.4) is 0 Å².